The number of rotatable bonds is 7. The van der Waals surface area contributed by atoms with Crippen LogP contribution in [0.15, 0.2) is 30.3 Å². The molecule has 0 spiro atoms. The van der Waals surface area contributed by atoms with Crippen LogP contribution in [-0.2, 0) is 6.54 Å². The average molecular weight is 331 g/mol. The topological polar surface area (TPSA) is 70.2 Å². The minimum absolute atomic E-state index is 0.248. The van der Waals surface area contributed by atoms with Gasteiger partial charge in [0.05, 0.1) is 0 Å². The van der Waals surface area contributed by atoms with Crippen LogP contribution in [0.3, 0.4) is 0 Å². The highest BCUT2D eigenvalue weighted by Gasteiger charge is 2.10. The first kappa shape index (κ1) is 17.8. The van der Waals surface area contributed by atoms with Crippen LogP contribution in [0.5, 0.6) is 0 Å². The molecule has 128 valence electrons. The highest BCUT2D eigenvalue weighted by Crippen LogP contribution is 2.10. The van der Waals surface area contributed by atoms with Gasteiger partial charge in [-0.05, 0) is 33.2 Å². The molecule has 0 aliphatic rings. The van der Waals surface area contributed by atoms with Crippen LogP contribution in [0.25, 0.3) is 0 Å². The molecule has 1 amide bonds. The third kappa shape index (κ3) is 5.27. The molecule has 7 heteroatoms. The predicted octanol–water partition coefficient (Wildman–Crippen LogP) is 1.83. The standard InChI is InChI=1S/C17H22FN5O/c1-12-10-15(16(24)19-8-9-23(2)3)22-17(21-12)20-11-13-6-4-5-7-14(13)18/h4-7,10H,8-9,11H2,1-3H3,(H,19,24)(H,20,21,22). The Hall–Kier alpha value is -2.54. The lowest BCUT2D eigenvalue weighted by Crippen LogP contribution is -2.32. The zero-order valence-electron chi connectivity index (χ0n) is 14.1. The number of hydrogen-bond acceptors (Lipinski definition) is 5. The molecule has 0 radical (unpaired) electrons. The summed E-state index contributed by atoms with van der Waals surface area (Å²) in [4.78, 5) is 22.6. The number of carbonyl (C=O) groups excluding carboxylic acids is 1. The Morgan fingerprint density at radius 1 is 1.25 bits per heavy atom. The summed E-state index contributed by atoms with van der Waals surface area (Å²) in [5.41, 5.74) is 1.47. The quantitative estimate of drug-likeness (QED) is 0.810. The molecule has 0 aliphatic heterocycles. The third-order valence-electron chi connectivity index (χ3n) is 3.33. The number of likely N-dealkylation sites (N-methyl/N-ethyl adjacent to an activating group) is 1. The van der Waals surface area contributed by atoms with Crippen LogP contribution in [0, 0.1) is 12.7 Å². The van der Waals surface area contributed by atoms with Crippen molar-refractivity contribution in [2.24, 2.45) is 0 Å². The highest BCUT2D eigenvalue weighted by molar-refractivity contribution is 5.92. The van der Waals surface area contributed by atoms with Crippen molar-refractivity contribution in [2.75, 3.05) is 32.5 Å². The van der Waals surface area contributed by atoms with Crippen molar-refractivity contribution in [3.05, 3.63) is 53.1 Å². The number of carbonyl (C=O) groups is 1. The maximum absolute atomic E-state index is 13.6. The van der Waals surface area contributed by atoms with Gasteiger partial charge < -0.3 is 15.5 Å². The number of amides is 1. The normalized spacial score (nSPS) is 10.7. The zero-order valence-corrected chi connectivity index (χ0v) is 14.1. The second-order valence-electron chi connectivity index (χ2n) is 5.72. The summed E-state index contributed by atoms with van der Waals surface area (Å²) in [5.74, 6) is -0.244. The number of hydrogen-bond donors (Lipinski definition) is 2. The van der Waals surface area contributed by atoms with Gasteiger partial charge in [0.25, 0.3) is 5.91 Å². The predicted molar refractivity (Wildman–Crippen MR) is 91.4 cm³/mol. The fourth-order valence-corrected chi connectivity index (χ4v) is 2.06. The van der Waals surface area contributed by atoms with Gasteiger partial charge in [-0.3, -0.25) is 4.79 Å². The largest absolute Gasteiger partial charge is 0.350 e. The fraction of sp³-hybridized carbons (Fsp3) is 0.353. The first-order valence-corrected chi connectivity index (χ1v) is 7.71. The molecule has 2 rings (SSSR count). The summed E-state index contributed by atoms with van der Waals surface area (Å²) in [6.07, 6.45) is 0. The first-order chi connectivity index (χ1) is 11.5. The van der Waals surface area contributed by atoms with E-state index < -0.39 is 0 Å². The van der Waals surface area contributed by atoms with E-state index in [2.05, 4.69) is 20.6 Å². The Morgan fingerprint density at radius 3 is 2.71 bits per heavy atom. The summed E-state index contributed by atoms with van der Waals surface area (Å²) >= 11 is 0. The van der Waals surface area contributed by atoms with Crippen molar-refractivity contribution in [3.63, 3.8) is 0 Å². The molecule has 0 aliphatic carbocycles. The second-order valence-corrected chi connectivity index (χ2v) is 5.72. The Bertz CT molecular complexity index is 705. The van der Waals surface area contributed by atoms with E-state index >= 15 is 0 Å². The molecule has 0 atom stereocenters. The number of benzene rings is 1. The number of aryl methyl sites for hydroxylation is 1. The monoisotopic (exact) mass is 331 g/mol. The molecule has 1 aromatic carbocycles. The molecule has 24 heavy (non-hydrogen) atoms. The molecule has 0 bridgehead atoms. The molecule has 6 nitrogen and oxygen atoms in total. The van der Waals surface area contributed by atoms with Gasteiger partial charge in [-0.2, -0.15) is 0 Å². The summed E-state index contributed by atoms with van der Waals surface area (Å²) in [5, 5.41) is 5.77. The molecule has 0 saturated carbocycles. The Balaban J connectivity index is 2.02. The van der Waals surface area contributed by atoms with Crippen LogP contribution in [-0.4, -0.2) is 48.0 Å². The molecular weight excluding hydrogens is 309 g/mol. The van der Waals surface area contributed by atoms with Crippen LogP contribution in [0.4, 0.5) is 10.3 Å². The number of nitrogens with one attached hydrogen (secondary N) is 2. The summed E-state index contributed by atoms with van der Waals surface area (Å²) in [7, 11) is 3.87. The van der Waals surface area contributed by atoms with E-state index in [9.17, 15) is 9.18 Å². The lowest BCUT2D eigenvalue weighted by molar-refractivity contribution is 0.0946. The molecule has 1 aromatic heterocycles. The maximum atomic E-state index is 13.6. The minimum Gasteiger partial charge on any atom is -0.350 e. The lowest BCUT2D eigenvalue weighted by Gasteiger charge is -2.11. The van der Waals surface area contributed by atoms with Gasteiger partial charge in [0.1, 0.15) is 11.5 Å². The average Bonchev–Trinajstić information content (AvgIpc) is 2.53. The van der Waals surface area contributed by atoms with Crippen molar-refractivity contribution in [1.82, 2.24) is 20.2 Å². The van der Waals surface area contributed by atoms with E-state index in [1.54, 1.807) is 31.2 Å². The Labute approximate surface area is 141 Å². The van der Waals surface area contributed by atoms with E-state index in [1.165, 1.54) is 6.07 Å². The number of nitrogens with zero attached hydrogens (tertiary/aromatic N) is 3. The van der Waals surface area contributed by atoms with Gasteiger partial charge >= 0.3 is 0 Å². The van der Waals surface area contributed by atoms with Gasteiger partial charge in [-0.25, -0.2) is 14.4 Å². The van der Waals surface area contributed by atoms with E-state index in [4.69, 9.17) is 0 Å². The summed E-state index contributed by atoms with van der Waals surface area (Å²) < 4.78 is 13.6. The van der Waals surface area contributed by atoms with Gasteiger partial charge in [-0.1, -0.05) is 18.2 Å². The van der Waals surface area contributed by atoms with E-state index in [1.807, 2.05) is 19.0 Å². The van der Waals surface area contributed by atoms with E-state index in [0.29, 0.717) is 23.8 Å². The maximum Gasteiger partial charge on any atom is 0.270 e. The molecule has 1 heterocycles. The molecule has 2 aromatic rings. The van der Waals surface area contributed by atoms with Gasteiger partial charge in [0.15, 0.2) is 0 Å². The Morgan fingerprint density at radius 2 is 2.00 bits per heavy atom. The van der Waals surface area contributed by atoms with Gasteiger partial charge in [0.2, 0.25) is 5.95 Å². The van der Waals surface area contributed by atoms with Gasteiger partial charge in [0, 0.05) is 30.9 Å². The van der Waals surface area contributed by atoms with Crippen LogP contribution in [0.1, 0.15) is 21.7 Å². The zero-order chi connectivity index (χ0) is 17.5. The molecular formula is C17H22FN5O. The number of anilines is 1. The van der Waals surface area contributed by atoms with Crippen LogP contribution >= 0.6 is 0 Å². The SMILES string of the molecule is Cc1cc(C(=O)NCCN(C)C)nc(NCc2ccccc2F)n1. The highest BCUT2D eigenvalue weighted by atomic mass is 19.1. The van der Waals surface area contributed by atoms with E-state index in [0.717, 1.165) is 6.54 Å². The van der Waals surface area contributed by atoms with Crippen molar-refractivity contribution < 1.29 is 9.18 Å². The van der Waals surface area contributed by atoms with Crippen molar-refractivity contribution in [3.8, 4) is 0 Å². The molecule has 0 unspecified atom stereocenters. The third-order valence-corrected chi connectivity index (χ3v) is 3.33. The van der Waals surface area contributed by atoms with Gasteiger partial charge in [-0.15, -0.1) is 0 Å². The van der Waals surface area contributed by atoms with Crippen molar-refractivity contribution in [1.29, 1.82) is 0 Å². The second kappa shape index (κ2) is 8.35. The molecule has 0 fully saturated rings. The van der Waals surface area contributed by atoms with Crippen LogP contribution < -0.4 is 10.6 Å². The number of halogens is 1. The summed E-state index contributed by atoms with van der Waals surface area (Å²) in [6.45, 7) is 3.31. The molecule has 2 N–H and O–H groups in total. The first-order valence-electron chi connectivity index (χ1n) is 7.71. The smallest absolute Gasteiger partial charge is 0.270 e. The van der Waals surface area contributed by atoms with Crippen molar-refractivity contribution >= 4 is 11.9 Å². The van der Waals surface area contributed by atoms with Crippen LogP contribution in [0.2, 0.25) is 0 Å². The summed E-state index contributed by atoms with van der Waals surface area (Å²) in [6, 6.07) is 8.11. The lowest BCUT2D eigenvalue weighted by atomic mass is 10.2. The Kier molecular flexibility index (Phi) is 6.20. The minimum atomic E-state index is -0.292. The van der Waals surface area contributed by atoms with E-state index in [-0.39, 0.29) is 24.0 Å². The van der Waals surface area contributed by atoms with Crippen molar-refractivity contribution in [2.45, 2.75) is 13.5 Å². The molecule has 0 saturated heterocycles. The fourth-order valence-electron chi connectivity index (χ4n) is 2.06. The number of aromatic nitrogens is 2.